The molecule has 1 heteroatoms. The maximum atomic E-state index is 3.73. The Morgan fingerprint density at radius 3 is 2.62 bits per heavy atom. The van der Waals surface area contributed by atoms with Crippen molar-refractivity contribution in [1.82, 2.24) is 5.32 Å². The molecule has 0 bridgehead atoms. The van der Waals surface area contributed by atoms with Crippen LogP contribution in [0.4, 0.5) is 0 Å². The van der Waals surface area contributed by atoms with Crippen LogP contribution in [0.2, 0.25) is 0 Å². The zero-order chi connectivity index (χ0) is 11.8. The fourth-order valence-corrected chi connectivity index (χ4v) is 2.83. The largest absolute Gasteiger partial charge is 0.314 e. The smallest absolute Gasteiger partial charge is 0.00696 e. The van der Waals surface area contributed by atoms with E-state index in [9.17, 15) is 0 Å². The zero-order valence-electron chi connectivity index (χ0n) is 11.6. The van der Waals surface area contributed by atoms with Crippen LogP contribution in [-0.2, 0) is 0 Å². The van der Waals surface area contributed by atoms with Crippen LogP contribution in [0, 0.1) is 11.8 Å². The summed E-state index contributed by atoms with van der Waals surface area (Å²) in [5.41, 5.74) is 0. The maximum absolute atomic E-state index is 3.73. The van der Waals surface area contributed by atoms with Gasteiger partial charge in [0.1, 0.15) is 0 Å². The number of hydrogen-bond acceptors (Lipinski definition) is 1. The molecule has 1 saturated carbocycles. The Bertz CT molecular complexity index is 165. The van der Waals surface area contributed by atoms with Gasteiger partial charge in [0.25, 0.3) is 0 Å². The highest BCUT2D eigenvalue weighted by Crippen LogP contribution is 2.28. The molecule has 0 saturated heterocycles. The van der Waals surface area contributed by atoms with Gasteiger partial charge in [-0.3, -0.25) is 0 Å². The van der Waals surface area contributed by atoms with E-state index in [4.69, 9.17) is 0 Å². The standard InChI is InChI=1S/C15H31N/c1-4-11-16-15-8-6-5-7-14(12-15)10-9-13(2)3/h13-16H,4-12H2,1-3H3. The Kier molecular flexibility index (Phi) is 7.11. The first-order chi connectivity index (χ1) is 7.72. The van der Waals surface area contributed by atoms with Crippen molar-refractivity contribution in [3.8, 4) is 0 Å². The third-order valence-electron chi connectivity index (χ3n) is 3.87. The van der Waals surface area contributed by atoms with Crippen molar-refractivity contribution in [2.24, 2.45) is 11.8 Å². The molecular formula is C15H31N. The van der Waals surface area contributed by atoms with Gasteiger partial charge in [0.05, 0.1) is 0 Å². The molecule has 1 N–H and O–H groups in total. The molecule has 0 amide bonds. The van der Waals surface area contributed by atoms with Gasteiger partial charge in [-0.2, -0.15) is 0 Å². The zero-order valence-corrected chi connectivity index (χ0v) is 11.6. The van der Waals surface area contributed by atoms with Crippen molar-refractivity contribution in [2.75, 3.05) is 6.54 Å². The third kappa shape index (κ3) is 5.89. The molecule has 0 radical (unpaired) electrons. The second-order valence-corrected chi connectivity index (χ2v) is 6.01. The summed E-state index contributed by atoms with van der Waals surface area (Å²) in [4.78, 5) is 0. The number of nitrogens with one attached hydrogen (secondary N) is 1. The summed E-state index contributed by atoms with van der Waals surface area (Å²) in [6.07, 6.45) is 11.4. The van der Waals surface area contributed by atoms with E-state index in [1.54, 1.807) is 0 Å². The van der Waals surface area contributed by atoms with Crippen LogP contribution >= 0.6 is 0 Å². The van der Waals surface area contributed by atoms with E-state index in [2.05, 4.69) is 26.1 Å². The summed E-state index contributed by atoms with van der Waals surface area (Å²) in [6, 6.07) is 0.819. The van der Waals surface area contributed by atoms with E-state index in [0.29, 0.717) is 0 Å². The van der Waals surface area contributed by atoms with Gasteiger partial charge in [0.2, 0.25) is 0 Å². The molecule has 0 aromatic heterocycles. The van der Waals surface area contributed by atoms with Crippen molar-refractivity contribution in [3.63, 3.8) is 0 Å². The fourth-order valence-electron chi connectivity index (χ4n) is 2.83. The van der Waals surface area contributed by atoms with Gasteiger partial charge in [-0.15, -0.1) is 0 Å². The Balaban J connectivity index is 2.27. The molecular weight excluding hydrogens is 194 g/mol. The lowest BCUT2D eigenvalue weighted by Gasteiger charge is -2.21. The van der Waals surface area contributed by atoms with E-state index in [-0.39, 0.29) is 0 Å². The van der Waals surface area contributed by atoms with E-state index < -0.39 is 0 Å². The Morgan fingerprint density at radius 1 is 1.19 bits per heavy atom. The molecule has 0 aromatic rings. The second kappa shape index (κ2) is 8.11. The van der Waals surface area contributed by atoms with Crippen molar-refractivity contribution in [1.29, 1.82) is 0 Å². The maximum Gasteiger partial charge on any atom is 0.00696 e. The minimum atomic E-state index is 0.819. The quantitative estimate of drug-likeness (QED) is 0.662. The SMILES string of the molecule is CCCNC1CCCCC(CCC(C)C)C1. The predicted molar refractivity (Wildman–Crippen MR) is 72.7 cm³/mol. The van der Waals surface area contributed by atoms with E-state index in [1.165, 1.54) is 57.9 Å². The highest BCUT2D eigenvalue weighted by molar-refractivity contribution is 4.76. The summed E-state index contributed by atoms with van der Waals surface area (Å²) >= 11 is 0. The lowest BCUT2D eigenvalue weighted by molar-refractivity contribution is 0.345. The normalized spacial score (nSPS) is 27.0. The first-order valence-electron chi connectivity index (χ1n) is 7.45. The molecule has 2 atom stereocenters. The molecule has 2 unspecified atom stereocenters. The van der Waals surface area contributed by atoms with Crippen LogP contribution in [0.1, 0.15) is 72.1 Å². The summed E-state index contributed by atoms with van der Waals surface area (Å²) in [6.45, 7) is 8.18. The Labute approximate surface area is 102 Å². The second-order valence-electron chi connectivity index (χ2n) is 6.01. The lowest BCUT2D eigenvalue weighted by atomic mass is 9.90. The minimum absolute atomic E-state index is 0.819. The topological polar surface area (TPSA) is 12.0 Å². The summed E-state index contributed by atoms with van der Waals surface area (Å²) in [7, 11) is 0. The number of hydrogen-bond donors (Lipinski definition) is 1. The molecule has 0 aliphatic heterocycles. The van der Waals surface area contributed by atoms with Crippen LogP contribution in [0.25, 0.3) is 0 Å². The average molecular weight is 225 g/mol. The lowest BCUT2D eigenvalue weighted by Crippen LogP contribution is -2.30. The summed E-state index contributed by atoms with van der Waals surface area (Å²) < 4.78 is 0. The summed E-state index contributed by atoms with van der Waals surface area (Å²) in [5.74, 6) is 1.88. The molecule has 0 aromatic carbocycles. The van der Waals surface area contributed by atoms with Gasteiger partial charge in [-0.1, -0.05) is 52.9 Å². The third-order valence-corrected chi connectivity index (χ3v) is 3.87. The minimum Gasteiger partial charge on any atom is -0.314 e. The molecule has 1 fully saturated rings. The van der Waals surface area contributed by atoms with E-state index in [1.807, 2.05) is 0 Å². The molecule has 0 spiro atoms. The fraction of sp³-hybridized carbons (Fsp3) is 1.00. The van der Waals surface area contributed by atoms with E-state index in [0.717, 1.165) is 17.9 Å². The van der Waals surface area contributed by atoms with Gasteiger partial charge in [0.15, 0.2) is 0 Å². The van der Waals surface area contributed by atoms with Crippen LogP contribution in [0.15, 0.2) is 0 Å². The van der Waals surface area contributed by atoms with Crippen molar-refractivity contribution >= 4 is 0 Å². The molecule has 16 heavy (non-hydrogen) atoms. The van der Waals surface area contributed by atoms with Gasteiger partial charge in [0, 0.05) is 6.04 Å². The molecule has 0 heterocycles. The number of rotatable bonds is 6. The van der Waals surface area contributed by atoms with Crippen LogP contribution < -0.4 is 5.32 Å². The van der Waals surface area contributed by atoms with Gasteiger partial charge in [-0.05, 0) is 37.6 Å². The van der Waals surface area contributed by atoms with Crippen molar-refractivity contribution < 1.29 is 0 Å². The molecule has 1 aliphatic carbocycles. The van der Waals surface area contributed by atoms with Crippen LogP contribution in [0.3, 0.4) is 0 Å². The predicted octanol–water partition coefficient (Wildman–Crippen LogP) is 4.37. The first-order valence-corrected chi connectivity index (χ1v) is 7.45. The first kappa shape index (κ1) is 14.0. The van der Waals surface area contributed by atoms with Crippen LogP contribution in [-0.4, -0.2) is 12.6 Å². The molecule has 96 valence electrons. The van der Waals surface area contributed by atoms with Gasteiger partial charge < -0.3 is 5.32 Å². The molecule has 1 rings (SSSR count). The van der Waals surface area contributed by atoms with E-state index >= 15 is 0 Å². The monoisotopic (exact) mass is 225 g/mol. The summed E-state index contributed by atoms with van der Waals surface area (Å²) in [5, 5.41) is 3.73. The Hall–Kier alpha value is -0.0400. The highest BCUT2D eigenvalue weighted by atomic mass is 14.9. The molecule has 1 aliphatic rings. The van der Waals surface area contributed by atoms with Crippen molar-refractivity contribution in [3.05, 3.63) is 0 Å². The molecule has 1 nitrogen and oxygen atoms in total. The average Bonchev–Trinajstić information content (AvgIpc) is 2.48. The van der Waals surface area contributed by atoms with Crippen LogP contribution in [0.5, 0.6) is 0 Å². The van der Waals surface area contributed by atoms with Gasteiger partial charge >= 0.3 is 0 Å². The highest BCUT2D eigenvalue weighted by Gasteiger charge is 2.19. The van der Waals surface area contributed by atoms with Gasteiger partial charge in [-0.25, -0.2) is 0 Å². The van der Waals surface area contributed by atoms with Crippen molar-refractivity contribution in [2.45, 2.75) is 78.2 Å². The Morgan fingerprint density at radius 2 is 1.94 bits per heavy atom.